The van der Waals surface area contributed by atoms with Crippen molar-refractivity contribution in [2.24, 2.45) is 5.73 Å². The molecule has 154 valence electrons. The summed E-state index contributed by atoms with van der Waals surface area (Å²) in [5.41, 5.74) is 9.62. The summed E-state index contributed by atoms with van der Waals surface area (Å²) >= 11 is 1.72. The molecule has 0 aromatic heterocycles. The zero-order valence-electron chi connectivity index (χ0n) is 17.2. The second-order valence-corrected chi connectivity index (χ2v) is 8.31. The number of nitrogens with one attached hydrogen (secondary N) is 2. The molecule has 0 spiro atoms. The molecular weight excluding hydrogens is 394 g/mol. The highest BCUT2D eigenvalue weighted by Gasteiger charge is 2.13. The first-order valence-electron chi connectivity index (χ1n) is 9.64. The monoisotopic (exact) mass is 419 g/mol. The van der Waals surface area contributed by atoms with E-state index in [9.17, 15) is 9.59 Å². The van der Waals surface area contributed by atoms with E-state index in [1.165, 1.54) is 16.0 Å². The van der Waals surface area contributed by atoms with Gasteiger partial charge in [-0.25, -0.2) is 0 Å². The standard InChI is InChI=1S/C24H25N3O2S/c1-15-4-13-22(16(2)14-15)30-21-11-9-19(10-12-21)26-17(3)24(29)27-20-7-5-18(6-8-20)23(25)28/h4-14,17,26H,1-3H3,(H2,25,28)(H,27,29). The molecule has 3 aromatic carbocycles. The number of carbonyl (C=O) groups is 2. The van der Waals surface area contributed by atoms with Crippen LogP contribution in [0.1, 0.15) is 28.4 Å². The number of primary amides is 1. The van der Waals surface area contributed by atoms with Gasteiger partial charge in [0.2, 0.25) is 11.8 Å². The minimum Gasteiger partial charge on any atom is -0.374 e. The van der Waals surface area contributed by atoms with Gasteiger partial charge in [-0.2, -0.15) is 0 Å². The number of benzene rings is 3. The lowest BCUT2D eigenvalue weighted by Gasteiger charge is -2.16. The molecule has 0 fully saturated rings. The number of hydrogen-bond acceptors (Lipinski definition) is 4. The van der Waals surface area contributed by atoms with Crippen LogP contribution in [0.5, 0.6) is 0 Å². The molecule has 1 unspecified atom stereocenters. The van der Waals surface area contributed by atoms with E-state index in [-0.39, 0.29) is 5.91 Å². The van der Waals surface area contributed by atoms with Crippen LogP contribution >= 0.6 is 11.8 Å². The Morgan fingerprint density at radius 1 is 0.900 bits per heavy atom. The van der Waals surface area contributed by atoms with Crippen molar-refractivity contribution >= 4 is 35.0 Å². The Balaban J connectivity index is 1.57. The van der Waals surface area contributed by atoms with Gasteiger partial charge in [0.15, 0.2) is 0 Å². The first-order chi connectivity index (χ1) is 14.3. The van der Waals surface area contributed by atoms with E-state index >= 15 is 0 Å². The van der Waals surface area contributed by atoms with Gasteiger partial charge < -0.3 is 16.4 Å². The second kappa shape index (κ2) is 9.50. The van der Waals surface area contributed by atoms with Crippen molar-refractivity contribution in [2.75, 3.05) is 10.6 Å². The summed E-state index contributed by atoms with van der Waals surface area (Å²) in [4.78, 5) is 25.9. The van der Waals surface area contributed by atoms with Crippen LogP contribution in [-0.2, 0) is 4.79 Å². The lowest BCUT2D eigenvalue weighted by Crippen LogP contribution is -2.31. The molecule has 0 radical (unpaired) electrons. The van der Waals surface area contributed by atoms with Gasteiger partial charge in [-0.3, -0.25) is 9.59 Å². The van der Waals surface area contributed by atoms with E-state index in [1.807, 2.05) is 24.3 Å². The fourth-order valence-corrected chi connectivity index (χ4v) is 3.83. The van der Waals surface area contributed by atoms with Crippen LogP contribution in [0.25, 0.3) is 0 Å². The molecule has 2 amide bonds. The third-order valence-corrected chi connectivity index (χ3v) is 5.81. The molecule has 0 aliphatic carbocycles. The van der Waals surface area contributed by atoms with Crippen molar-refractivity contribution < 1.29 is 9.59 Å². The van der Waals surface area contributed by atoms with E-state index < -0.39 is 11.9 Å². The Morgan fingerprint density at radius 2 is 1.53 bits per heavy atom. The molecule has 3 rings (SSSR count). The second-order valence-electron chi connectivity index (χ2n) is 7.19. The Hall–Kier alpha value is -3.25. The van der Waals surface area contributed by atoms with Crippen molar-refractivity contribution in [2.45, 2.75) is 36.6 Å². The summed E-state index contributed by atoms with van der Waals surface area (Å²) < 4.78 is 0. The molecule has 1 atom stereocenters. The number of aryl methyl sites for hydroxylation is 2. The summed E-state index contributed by atoms with van der Waals surface area (Å²) in [6.45, 7) is 6.01. The molecule has 0 saturated carbocycles. The predicted octanol–water partition coefficient (Wildman–Crippen LogP) is 4.99. The highest BCUT2D eigenvalue weighted by atomic mass is 32.2. The average Bonchev–Trinajstić information content (AvgIpc) is 2.71. The van der Waals surface area contributed by atoms with Gasteiger partial charge in [0.05, 0.1) is 0 Å². The van der Waals surface area contributed by atoms with Crippen molar-refractivity contribution in [3.63, 3.8) is 0 Å². The van der Waals surface area contributed by atoms with Crippen LogP contribution < -0.4 is 16.4 Å². The first-order valence-corrected chi connectivity index (χ1v) is 10.5. The van der Waals surface area contributed by atoms with Gasteiger partial charge in [-0.15, -0.1) is 0 Å². The first kappa shape index (κ1) is 21.5. The van der Waals surface area contributed by atoms with E-state index in [4.69, 9.17) is 5.73 Å². The van der Waals surface area contributed by atoms with Crippen molar-refractivity contribution in [3.8, 4) is 0 Å². The topological polar surface area (TPSA) is 84.2 Å². The average molecular weight is 420 g/mol. The summed E-state index contributed by atoms with van der Waals surface area (Å²) in [6, 6.07) is 20.5. The van der Waals surface area contributed by atoms with Crippen LogP contribution in [0.2, 0.25) is 0 Å². The largest absolute Gasteiger partial charge is 0.374 e. The van der Waals surface area contributed by atoms with Gasteiger partial charge in [0, 0.05) is 26.7 Å². The predicted molar refractivity (Wildman–Crippen MR) is 123 cm³/mol. The van der Waals surface area contributed by atoms with Crippen LogP contribution in [-0.4, -0.2) is 17.9 Å². The fourth-order valence-electron chi connectivity index (χ4n) is 2.94. The molecule has 6 heteroatoms. The zero-order chi connectivity index (χ0) is 21.7. The Morgan fingerprint density at radius 3 is 2.13 bits per heavy atom. The maximum Gasteiger partial charge on any atom is 0.248 e. The minimum absolute atomic E-state index is 0.171. The van der Waals surface area contributed by atoms with Crippen LogP contribution in [0.15, 0.2) is 76.5 Å². The number of anilines is 2. The Bertz CT molecular complexity index is 1050. The Labute approximate surface area is 181 Å². The van der Waals surface area contributed by atoms with Crippen LogP contribution in [0, 0.1) is 13.8 Å². The van der Waals surface area contributed by atoms with Crippen molar-refractivity contribution in [1.29, 1.82) is 0 Å². The van der Waals surface area contributed by atoms with Crippen molar-refractivity contribution in [1.82, 2.24) is 0 Å². The maximum atomic E-state index is 12.4. The third kappa shape index (κ3) is 5.64. The van der Waals surface area contributed by atoms with E-state index in [0.29, 0.717) is 11.3 Å². The summed E-state index contributed by atoms with van der Waals surface area (Å²) in [7, 11) is 0. The number of hydrogen-bond donors (Lipinski definition) is 3. The third-order valence-electron chi connectivity index (χ3n) is 4.63. The number of rotatable bonds is 7. The lowest BCUT2D eigenvalue weighted by atomic mass is 10.2. The molecule has 0 aliphatic rings. The zero-order valence-corrected chi connectivity index (χ0v) is 18.0. The molecule has 4 N–H and O–H groups in total. The normalized spacial score (nSPS) is 11.6. The van der Waals surface area contributed by atoms with E-state index in [1.54, 1.807) is 43.0 Å². The van der Waals surface area contributed by atoms with Gasteiger partial charge in [-0.1, -0.05) is 29.5 Å². The quantitative estimate of drug-likeness (QED) is 0.504. The molecule has 0 heterocycles. The smallest absolute Gasteiger partial charge is 0.248 e. The van der Waals surface area contributed by atoms with E-state index in [0.717, 1.165) is 10.6 Å². The fraction of sp³-hybridized carbons (Fsp3) is 0.167. The Kier molecular flexibility index (Phi) is 6.79. The highest BCUT2D eigenvalue weighted by molar-refractivity contribution is 7.99. The number of carbonyl (C=O) groups excluding carboxylic acids is 2. The summed E-state index contributed by atoms with van der Waals surface area (Å²) in [5.74, 6) is -0.669. The molecule has 3 aromatic rings. The molecule has 5 nitrogen and oxygen atoms in total. The summed E-state index contributed by atoms with van der Waals surface area (Å²) in [5, 5.41) is 6.03. The number of nitrogens with two attached hydrogens (primary N) is 1. The SMILES string of the molecule is Cc1ccc(Sc2ccc(NC(C)C(=O)Nc3ccc(C(N)=O)cc3)cc2)c(C)c1. The van der Waals surface area contributed by atoms with E-state index in [2.05, 4.69) is 42.7 Å². The molecule has 0 aliphatic heterocycles. The van der Waals surface area contributed by atoms with Gasteiger partial charge in [0.25, 0.3) is 0 Å². The van der Waals surface area contributed by atoms with Crippen LogP contribution in [0.4, 0.5) is 11.4 Å². The van der Waals surface area contributed by atoms with Gasteiger partial charge in [0.1, 0.15) is 6.04 Å². The van der Waals surface area contributed by atoms with Gasteiger partial charge in [-0.05, 0) is 80.9 Å². The minimum atomic E-state index is -0.498. The molecule has 0 bridgehead atoms. The molecular formula is C24H25N3O2S. The maximum absolute atomic E-state index is 12.4. The molecule has 30 heavy (non-hydrogen) atoms. The highest BCUT2D eigenvalue weighted by Crippen LogP contribution is 2.31. The lowest BCUT2D eigenvalue weighted by molar-refractivity contribution is -0.116. The number of amides is 2. The van der Waals surface area contributed by atoms with Crippen molar-refractivity contribution in [3.05, 3.63) is 83.4 Å². The summed E-state index contributed by atoms with van der Waals surface area (Å²) in [6.07, 6.45) is 0. The molecule has 0 saturated heterocycles. The van der Waals surface area contributed by atoms with Gasteiger partial charge >= 0.3 is 0 Å². The van der Waals surface area contributed by atoms with Crippen LogP contribution in [0.3, 0.4) is 0 Å².